The second kappa shape index (κ2) is 7.66. The van der Waals surface area contributed by atoms with Crippen molar-refractivity contribution in [2.45, 2.75) is 76.1 Å². The number of carboxylic acids is 1. The van der Waals surface area contributed by atoms with Crippen molar-refractivity contribution in [2.75, 3.05) is 0 Å². The van der Waals surface area contributed by atoms with Crippen molar-refractivity contribution in [1.82, 2.24) is 0 Å². The molecule has 26 heavy (non-hydrogen) atoms. The zero-order chi connectivity index (χ0) is 18.1. The molecule has 0 aromatic heterocycles. The molecule has 1 unspecified atom stereocenters. The lowest BCUT2D eigenvalue weighted by Gasteiger charge is -2.52. The van der Waals surface area contributed by atoms with Gasteiger partial charge in [-0.2, -0.15) is 0 Å². The van der Waals surface area contributed by atoms with Crippen molar-refractivity contribution in [3.8, 4) is 5.75 Å². The molecule has 0 bridgehead atoms. The number of fused-ring (bicyclic) bond motifs is 1. The van der Waals surface area contributed by atoms with Crippen LogP contribution >= 0.6 is 22.6 Å². The van der Waals surface area contributed by atoms with Crippen LogP contribution in [0.4, 0.5) is 0 Å². The number of carbonyl (C=O) groups is 1. The van der Waals surface area contributed by atoms with E-state index in [0.29, 0.717) is 17.6 Å². The van der Waals surface area contributed by atoms with E-state index in [1.165, 1.54) is 38.5 Å². The van der Waals surface area contributed by atoms with E-state index in [-0.39, 0.29) is 0 Å². The van der Waals surface area contributed by atoms with Crippen LogP contribution in [0, 0.1) is 15.4 Å². The first-order chi connectivity index (χ1) is 12.6. The summed E-state index contributed by atoms with van der Waals surface area (Å²) in [5, 5.41) is 9.70. The van der Waals surface area contributed by atoms with E-state index in [1.54, 1.807) is 0 Å². The molecular formula is C21H27IO4. The Kier molecular flexibility index (Phi) is 5.46. The number of halogens is 1. The Labute approximate surface area is 168 Å². The third-order valence-corrected chi connectivity index (χ3v) is 7.19. The van der Waals surface area contributed by atoms with Crippen molar-refractivity contribution in [2.24, 2.45) is 11.8 Å². The van der Waals surface area contributed by atoms with Gasteiger partial charge in [0, 0.05) is 9.13 Å². The lowest BCUT2D eigenvalue weighted by molar-refractivity contribution is -0.252. The lowest BCUT2D eigenvalue weighted by Crippen LogP contribution is -2.54. The average molecular weight is 470 g/mol. The molecule has 0 saturated heterocycles. The highest BCUT2D eigenvalue weighted by Crippen LogP contribution is 2.56. The number of rotatable bonds is 3. The smallest absolute Gasteiger partial charge is 0.373 e. The Balaban J connectivity index is 1.86. The molecule has 2 aliphatic carbocycles. The number of ether oxygens (including phenoxy) is 2. The summed E-state index contributed by atoms with van der Waals surface area (Å²) >= 11 is 2.34. The molecule has 2 saturated carbocycles. The van der Waals surface area contributed by atoms with E-state index in [4.69, 9.17) is 9.47 Å². The molecule has 2 fully saturated rings. The van der Waals surface area contributed by atoms with Crippen molar-refractivity contribution < 1.29 is 19.4 Å². The van der Waals surface area contributed by atoms with E-state index in [1.807, 2.05) is 12.1 Å². The molecule has 1 heterocycles. The Hall–Kier alpha value is -0.820. The summed E-state index contributed by atoms with van der Waals surface area (Å²) in [4.78, 5) is 11.8. The van der Waals surface area contributed by atoms with Crippen LogP contribution in [0.3, 0.4) is 0 Å². The fraction of sp³-hybridized carbons (Fsp3) is 0.667. The monoisotopic (exact) mass is 470 g/mol. The minimum Gasteiger partial charge on any atom is -0.477 e. The largest absolute Gasteiger partial charge is 0.477 e. The topological polar surface area (TPSA) is 55.8 Å². The van der Waals surface area contributed by atoms with Crippen LogP contribution < -0.4 is 4.74 Å². The zero-order valence-electron chi connectivity index (χ0n) is 15.1. The van der Waals surface area contributed by atoms with Gasteiger partial charge in [0.15, 0.2) is 0 Å². The molecule has 0 amide bonds. The molecular weight excluding hydrogens is 443 g/mol. The van der Waals surface area contributed by atoms with Gasteiger partial charge < -0.3 is 14.6 Å². The Bertz CT molecular complexity index is 644. The number of carboxylic acid groups (broad SMARTS) is 1. The van der Waals surface area contributed by atoms with E-state index < -0.39 is 17.9 Å². The Morgan fingerprint density at radius 1 is 1.00 bits per heavy atom. The van der Waals surface area contributed by atoms with Crippen molar-refractivity contribution in [3.05, 3.63) is 27.3 Å². The van der Waals surface area contributed by atoms with Crippen LogP contribution in [-0.2, 0) is 15.1 Å². The Morgan fingerprint density at radius 2 is 1.58 bits per heavy atom. The highest BCUT2D eigenvalue weighted by molar-refractivity contribution is 14.1. The third kappa shape index (κ3) is 3.26. The van der Waals surface area contributed by atoms with Crippen LogP contribution in [-0.4, -0.2) is 17.4 Å². The SMILES string of the molecule is O=C(O)C1Oc2ccc(I)cc2C(C2CCCCC2)(C2CCCCC2)O1. The van der Waals surface area contributed by atoms with Crippen LogP contribution in [0.5, 0.6) is 5.75 Å². The number of aliphatic carboxylic acids is 1. The molecule has 3 aliphatic rings. The minimum atomic E-state index is -1.20. The highest BCUT2D eigenvalue weighted by Gasteiger charge is 2.54. The van der Waals surface area contributed by atoms with E-state index in [9.17, 15) is 9.90 Å². The highest BCUT2D eigenvalue weighted by atomic mass is 127. The quantitative estimate of drug-likeness (QED) is 0.596. The summed E-state index contributed by atoms with van der Waals surface area (Å²) in [5.74, 6) is 0.439. The van der Waals surface area contributed by atoms with Crippen LogP contribution in [0.15, 0.2) is 18.2 Å². The molecule has 1 aromatic carbocycles. The molecule has 1 aliphatic heterocycles. The van der Waals surface area contributed by atoms with Crippen molar-refractivity contribution in [1.29, 1.82) is 0 Å². The summed E-state index contributed by atoms with van der Waals surface area (Å²) in [6.45, 7) is 0. The summed E-state index contributed by atoms with van der Waals surface area (Å²) in [6.07, 6.45) is 10.7. The first-order valence-corrected chi connectivity index (χ1v) is 11.1. The number of benzene rings is 1. The van der Waals surface area contributed by atoms with Gasteiger partial charge in [0.05, 0.1) is 0 Å². The maximum absolute atomic E-state index is 11.8. The normalized spacial score (nSPS) is 26.7. The van der Waals surface area contributed by atoms with Crippen molar-refractivity contribution >= 4 is 28.6 Å². The van der Waals surface area contributed by atoms with Crippen LogP contribution in [0.2, 0.25) is 0 Å². The summed E-state index contributed by atoms with van der Waals surface area (Å²) in [7, 11) is 0. The summed E-state index contributed by atoms with van der Waals surface area (Å²) in [5.41, 5.74) is 0.583. The van der Waals surface area contributed by atoms with Gasteiger partial charge in [0.1, 0.15) is 11.4 Å². The molecule has 1 aromatic rings. The van der Waals surface area contributed by atoms with E-state index in [0.717, 1.165) is 34.8 Å². The van der Waals surface area contributed by atoms with Gasteiger partial charge in [-0.05, 0) is 78.3 Å². The number of hydrogen-bond donors (Lipinski definition) is 1. The molecule has 1 atom stereocenters. The fourth-order valence-electron chi connectivity index (χ4n) is 5.42. The van der Waals surface area contributed by atoms with Gasteiger partial charge in [-0.3, -0.25) is 0 Å². The molecule has 4 nitrogen and oxygen atoms in total. The minimum absolute atomic E-state index is 0.377. The number of hydrogen-bond acceptors (Lipinski definition) is 3. The van der Waals surface area contributed by atoms with Crippen LogP contribution in [0.1, 0.15) is 69.8 Å². The molecule has 142 valence electrons. The van der Waals surface area contributed by atoms with Gasteiger partial charge in [-0.25, -0.2) is 4.79 Å². The summed E-state index contributed by atoms with van der Waals surface area (Å²) < 4.78 is 13.4. The van der Waals surface area contributed by atoms with Gasteiger partial charge in [0.2, 0.25) is 0 Å². The molecule has 5 heteroatoms. The molecule has 0 spiro atoms. The zero-order valence-corrected chi connectivity index (χ0v) is 17.2. The second-order valence-corrected chi connectivity index (χ2v) is 9.25. The lowest BCUT2D eigenvalue weighted by atomic mass is 9.63. The second-order valence-electron chi connectivity index (χ2n) is 8.01. The summed E-state index contributed by atoms with van der Waals surface area (Å²) in [6, 6.07) is 6.11. The van der Waals surface area contributed by atoms with E-state index >= 15 is 0 Å². The van der Waals surface area contributed by atoms with Gasteiger partial charge in [-0.1, -0.05) is 38.5 Å². The molecule has 4 rings (SSSR count). The van der Waals surface area contributed by atoms with Crippen LogP contribution in [0.25, 0.3) is 0 Å². The van der Waals surface area contributed by atoms with Gasteiger partial charge >= 0.3 is 5.97 Å². The van der Waals surface area contributed by atoms with Gasteiger partial charge in [-0.15, -0.1) is 0 Å². The predicted octanol–water partition coefficient (Wildman–Crippen LogP) is 5.47. The fourth-order valence-corrected chi connectivity index (χ4v) is 5.91. The first kappa shape index (κ1) is 18.5. The maximum atomic E-state index is 11.8. The van der Waals surface area contributed by atoms with E-state index in [2.05, 4.69) is 28.7 Å². The predicted molar refractivity (Wildman–Crippen MR) is 107 cm³/mol. The third-order valence-electron chi connectivity index (χ3n) is 6.52. The Morgan fingerprint density at radius 3 is 2.12 bits per heavy atom. The maximum Gasteiger partial charge on any atom is 0.373 e. The standard InChI is InChI=1S/C21H27IO4/c22-16-11-12-18-17(13-16)21(14-7-3-1-4-8-14,15-9-5-2-6-10-15)26-20(25-18)19(23)24/h11-15,20H,1-10H2,(H,23,24). The van der Waals surface area contributed by atoms with Gasteiger partial charge in [0.25, 0.3) is 6.29 Å². The molecule has 0 radical (unpaired) electrons. The first-order valence-electron chi connectivity index (χ1n) is 9.98. The molecule has 1 N–H and O–H groups in total. The average Bonchev–Trinajstić information content (AvgIpc) is 2.68. The van der Waals surface area contributed by atoms with Crippen molar-refractivity contribution in [3.63, 3.8) is 0 Å².